The molecule has 0 N–H and O–H groups in total. The Kier molecular flexibility index (Phi) is 5.98. The number of carbonyl (C=O) groups excluding carboxylic acids is 1. The van der Waals surface area contributed by atoms with Crippen molar-refractivity contribution in [3.8, 4) is 11.5 Å². The smallest absolute Gasteiger partial charge is 0.338 e. The van der Waals surface area contributed by atoms with E-state index in [2.05, 4.69) is 26.1 Å². The summed E-state index contributed by atoms with van der Waals surface area (Å²) in [5, 5.41) is 7.86. The predicted octanol–water partition coefficient (Wildman–Crippen LogP) is 3.64. The number of hydrogen-bond acceptors (Lipinski definition) is 7. The van der Waals surface area contributed by atoms with Gasteiger partial charge in [0.1, 0.15) is 0 Å². The van der Waals surface area contributed by atoms with E-state index < -0.39 is 16.0 Å². The topological polar surface area (TPSA) is 103 Å². The molecule has 0 saturated carbocycles. The van der Waals surface area contributed by atoms with Crippen LogP contribution in [-0.4, -0.2) is 42.0 Å². The maximum atomic E-state index is 12.7. The van der Waals surface area contributed by atoms with Crippen molar-refractivity contribution in [2.24, 2.45) is 0 Å². The average Bonchev–Trinajstić information content (AvgIpc) is 3.45. The van der Waals surface area contributed by atoms with Gasteiger partial charge in [0, 0.05) is 17.6 Å². The second kappa shape index (κ2) is 8.66. The molecule has 8 nitrogen and oxygen atoms in total. The second-order valence-corrected chi connectivity index (χ2v) is 9.49. The SMILES string of the molecule is O=C(OCc1nnc(-c2ccccc2Br)o1)c1cccc(S(=O)(=O)N2CCCC2)c1. The molecule has 1 aliphatic rings. The molecule has 4 rings (SSSR count). The number of hydrogen-bond donors (Lipinski definition) is 0. The highest BCUT2D eigenvalue weighted by molar-refractivity contribution is 9.10. The fourth-order valence-electron chi connectivity index (χ4n) is 3.13. The molecular weight excluding hydrogens is 474 g/mol. The Hall–Kier alpha value is -2.56. The number of rotatable bonds is 6. The molecule has 2 aromatic carbocycles. The van der Waals surface area contributed by atoms with E-state index in [-0.39, 0.29) is 23.0 Å². The van der Waals surface area contributed by atoms with Crippen molar-refractivity contribution in [1.82, 2.24) is 14.5 Å². The number of esters is 1. The third kappa shape index (κ3) is 4.30. The van der Waals surface area contributed by atoms with Gasteiger partial charge in [0.2, 0.25) is 15.9 Å². The fourth-order valence-corrected chi connectivity index (χ4v) is 5.14. The van der Waals surface area contributed by atoms with Crippen LogP contribution in [0.15, 0.2) is 62.3 Å². The van der Waals surface area contributed by atoms with Gasteiger partial charge in [-0.05, 0) is 59.1 Å². The Labute approximate surface area is 182 Å². The van der Waals surface area contributed by atoms with Crippen LogP contribution in [0.3, 0.4) is 0 Å². The van der Waals surface area contributed by atoms with Crippen LogP contribution in [0.4, 0.5) is 0 Å². The monoisotopic (exact) mass is 491 g/mol. The molecule has 0 amide bonds. The Bertz CT molecular complexity index is 1170. The van der Waals surface area contributed by atoms with E-state index in [0.717, 1.165) is 22.9 Å². The van der Waals surface area contributed by atoms with E-state index in [4.69, 9.17) is 9.15 Å². The summed E-state index contributed by atoms with van der Waals surface area (Å²) >= 11 is 3.42. The molecule has 1 saturated heterocycles. The zero-order valence-corrected chi connectivity index (χ0v) is 18.2. The Morgan fingerprint density at radius 2 is 1.87 bits per heavy atom. The van der Waals surface area contributed by atoms with E-state index >= 15 is 0 Å². The molecule has 1 aromatic heterocycles. The van der Waals surface area contributed by atoms with Crippen molar-refractivity contribution in [2.75, 3.05) is 13.1 Å². The lowest BCUT2D eigenvalue weighted by Gasteiger charge is -2.15. The Morgan fingerprint density at radius 3 is 2.63 bits per heavy atom. The summed E-state index contributed by atoms with van der Waals surface area (Å²) in [6, 6.07) is 13.2. The van der Waals surface area contributed by atoms with Crippen LogP contribution in [0, 0.1) is 0 Å². The zero-order valence-electron chi connectivity index (χ0n) is 15.8. The maximum absolute atomic E-state index is 12.7. The van der Waals surface area contributed by atoms with Gasteiger partial charge < -0.3 is 9.15 Å². The van der Waals surface area contributed by atoms with Gasteiger partial charge in [0.15, 0.2) is 6.61 Å². The molecular formula is C20H18BrN3O5S. The van der Waals surface area contributed by atoms with Crippen LogP contribution in [0.25, 0.3) is 11.5 Å². The third-order valence-electron chi connectivity index (χ3n) is 4.67. The van der Waals surface area contributed by atoms with Crippen molar-refractivity contribution in [3.63, 3.8) is 0 Å². The summed E-state index contributed by atoms with van der Waals surface area (Å²) in [6.45, 7) is 0.765. The Morgan fingerprint density at radius 1 is 1.10 bits per heavy atom. The molecule has 0 spiro atoms. The molecule has 2 heterocycles. The number of carbonyl (C=O) groups is 1. The highest BCUT2D eigenvalue weighted by Gasteiger charge is 2.27. The van der Waals surface area contributed by atoms with Crippen LogP contribution < -0.4 is 0 Å². The maximum Gasteiger partial charge on any atom is 0.338 e. The normalized spacial score (nSPS) is 14.7. The number of halogens is 1. The zero-order chi connectivity index (χ0) is 21.1. The molecule has 0 radical (unpaired) electrons. The van der Waals surface area contributed by atoms with Crippen LogP contribution in [-0.2, 0) is 21.4 Å². The first-order valence-corrected chi connectivity index (χ1v) is 11.5. The molecule has 3 aromatic rings. The van der Waals surface area contributed by atoms with Crippen molar-refractivity contribution in [2.45, 2.75) is 24.3 Å². The lowest BCUT2D eigenvalue weighted by molar-refractivity contribution is 0.0438. The molecule has 0 bridgehead atoms. The minimum Gasteiger partial charge on any atom is -0.452 e. The number of sulfonamides is 1. The van der Waals surface area contributed by atoms with Crippen LogP contribution in [0.1, 0.15) is 29.1 Å². The van der Waals surface area contributed by atoms with Gasteiger partial charge in [0.25, 0.3) is 5.89 Å². The van der Waals surface area contributed by atoms with Crippen LogP contribution in [0.5, 0.6) is 0 Å². The molecule has 1 aliphatic heterocycles. The highest BCUT2D eigenvalue weighted by atomic mass is 79.9. The minimum atomic E-state index is -3.61. The number of ether oxygens (including phenoxy) is 1. The fraction of sp³-hybridized carbons (Fsp3) is 0.250. The van der Waals surface area contributed by atoms with E-state index in [0.29, 0.717) is 19.0 Å². The minimum absolute atomic E-state index is 0.0767. The number of aromatic nitrogens is 2. The standard InChI is InChI=1S/C20H18BrN3O5S/c21-17-9-2-1-8-16(17)19-23-22-18(29-19)13-28-20(25)14-6-5-7-15(12-14)30(26,27)24-10-3-4-11-24/h1-2,5-9,12H,3-4,10-11,13H2. The van der Waals surface area contributed by atoms with Gasteiger partial charge in [-0.3, -0.25) is 0 Å². The molecule has 30 heavy (non-hydrogen) atoms. The predicted molar refractivity (Wildman–Crippen MR) is 111 cm³/mol. The summed E-state index contributed by atoms with van der Waals surface area (Å²) in [5.74, 6) is -0.240. The van der Waals surface area contributed by atoms with E-state index in [9.17, 15) is 13.2 Å². The summed E-state index contributed by atoms with van der Waals surface area (Å²) in [5.41, 5.74) is 0.864. The first-order chi connectivity index (χ1) is 14.4. The first-order valence-electron chi connectivity index (χ1n) is 9.30. The van der Waals surface area contributed by atoms with E-state index in [1.807, 2.05) is 24.3 Å². The molecule has 1 fully saturated rings. The third-order valence-corrected chi connectivity index (χ3v) is 7.26. The van der Waals surface area contributed by atoms with E-state index in [1.54, 1.807) is 0 Å². The molecule has 156 valence electrons. The van der Waals surface area contributed by atoms with Gasteiger partial charge in [-0.1, -0.05) is 18.2 Å². The Balaban J connectivity index is 1.44. The van der Waals surface area contributed by atoms with Gasteiger partial charge >= 0.3 is 5.97 Å². The molecule has 0 atom stereocenters. The summed E-state index contributed by atoms with van der Waals surface area (Å²) in [6.07, 6.45) is 1.68. The summed E-state index contributed by atoms with van der Waals surface area (Å²) in [4.78, 5) is 12.5. The quantitative estimate of drug-likeness (QED) is 0.484. The lowest BCUT2D eigenvalue weighted by atomic mass is 10.2. The van der Waals surface area contributed by atoms with Gasteiger partial charge in [0.05, 0.1) is 16.0 Å². The van der Waals surface area contributed by atoms with Crippen molar-refractivity contribution >= 4 is 31.9 Å². The first kappa shape index (κ1) is 20.7. The van der Waals surface area contributed by atoms with Crippen molar-refractivity contribution in [1.29, 1.82) is 0 Å². The number of nitrogens with zero attached hydrogens (tertiary/aromatic N) is 3. The number of benzene rings is 2. The summed E-state index contributed by atoms with van der Waals surface area (Å²) in [7, 11) is -3.61. The highest BCUT2D eigenvalue weighted by Crippen LogP contribution is 2.27. The second-order valence-electron chi connectivity index (χ2n) is 6.70. The van der Waals surface area contributed by atoms with Gasteiger partial charge in [-0.15, -0.1) is 10.2 Å². The van der Waals surface area contributed by atoms with Gasteiger partial charge in [-0.25, -0.2) is 13.2 Å². The van der Waals surface area contributed by atoms with Crippen LogP contribution >= 0.6 is 15.9 Å². The largest absolute Gasteiger partial charge is 0.452 e. The molecule has 0 unspecified atom stereocenters. The molecule has 0 aliphatic carbocycles. The van der Waals surface area contributed by atoms with Crippen molar-refractivity contribution in [3.05, 3.63) is 64.5 Å². The van der Waals surface area contributed by atoms with Crippen molar-refractivity contribution < 1.29 is 22.4 Å². The lowest BCUT2D eigenvalue weighted by Crippen LogP contribution is -2.28. The molecule has 10 heteroatoms. The van der Waals surface area contributed by atoms with E-state index in [1.165, 1.54) is 28.6 Å². The van der Waals surface area contributed by atoms with Gasteiger partial charge in [-0.2, -0.15) is 4.31 Å². The summed E-state index contributed by atoms with van der Waals surface area (Å²) < 4.78 is 38.4. The van der Waals surface area contributed by atoms with Crippen LogP contribution in [0.2, 0.25) is 0 Å². The average molecular weight is 492 g/mol.